The van der Waals surface area contributed by atoms with Gasteiger partial charge in [-0.15, -0.1) is 24.0 Å². The molecule has 2 rings (SSSR count). The lowest BCUT2D eigenvalue weighted by Crippen LogP contribution is -2.38. The average molecular weight is 499 g/mol. The molecular formula is C19H38IN3O4. The number of guanidine groups is 1. The van der Waals surface area contributed by atoms with E-state index < -0.39 is 0 Å². The molecule has 0 aliphatic carbocycles. The fourth-order valence-corrected chi connectivity index (χ4v) is 3.06. The summed E-state index contributed by atoms with van der Waals surface area (Å²) < 4.78 is 22.4. The maximum Gasteiger partial charge on any atom is 0.191 e. The predicted molar refractivity (Wildman–Crippen MR) is 118 cm³/mol. The van der Waals surface area contributed by atoms with E-state index in [4.69, 9.17) is 18.9 Å². The number of hydrogen-bond acceptors (Lipinski definition) is 5. The Labute approximate surface area is 181 Å². The summed E-state index contributed by atoms with van der Waals surface area (Å²) in [5.41, 5.74) is 0. The Kier molecular flexibility index (Phi) is 15.4. The molecule has 2 aliphatic heterocycles. The Bertz CT molecular complexity index is 376. The predicted octanol–water partition coefficient (Wildman–Crippen LogP) is 2.33. The van der Waals surface area contributed by atoms with Crippen LogP contribution in [-0.2, 0) is 18.9 Å². The third-order valence-corrected chi connectivity index (χ3v) is 4.47. The number of nitrogens with zero attached hydrogens (tertiary/aromatic N) is 1. The lowest BCUT2D eigenvalue weighted by Gasteiger charge is -2.13. The molecule has 0 aromatic heterocycles. The molecule has 2 fully saturated rings. The highest BCUT2D eigenvalue weighted by Crippen LogP contribution is 2.12. The molecule has 0 spiro atoms. The number of hydrogen-bond donors (Lipinski definition) is 2. The van der Waals surface area contributed by atoms with Crippen molar-refractivity contribution in [2.24, 2.45) is 4.99 Å². The molecule has 0 bridgehead atoms. The van der Waals surface area contributed by atoms with E-state index in [1.807, 2.05) is 0 Å². The molecule has 0 amide bonds. The monoisotopic (exact) mass is 499 g/mol. The Balaban J connectivity index is 0.00000364. The molecule has 2 saturated heterocycles. The zero-order valence-electron chi connectivity index (χ0n) is 16.7. The van der Waals surface area contributed by atoms with Crippen LogP contribution >= 0.6 is 24.0 Å². The minimum absolute atomic E-state index is 0. The summed E-state index contributed by atoms with van der Waals surface area (Å²) in [6.07, 6.45) is 7.09. The van der Waals surface area contributed by atoms with Gasteiger partial charge in [0.2, 0.25) is 0 Å². The van der Waals surface area contributed by atoms with Crippen molar-refractivity contribution < 1.29 is 18.9 Å². The van der Waals surface area contributed by atoms with Gasteiger partial charge in [0.15, 0.2) is 5.96 Å². The van der Waals surface area contributed by atoms with E-state index in [-0.39, 0.29) is 24.0 Å². The molecular weight excluding hydrogens is 461 g/mol. The summed E-state index contributed by atoms with van der Waals surface area (Å²) in [5, 5.41) is 6.62. The lowest BCUT2D eigenvalue weighted by atomic mass is 10.2. The van der Waals surface area contributed by atoms with Crippen molar-refractivity contribution >= 4 is 29.9 Å². The van der Waals surface area contributed by atoms with Gasteiger partial charge < -0.3 is 29.6 Å². The highest BCUT2D eigenvalue weighted by molar-refractivity contribution is 14.0. The standard InChI is InChI=1S/C19H37N3O4.HI/c1-2-20-19(21-9-5-11-23-15-17-7-3-13-25-17)22-10-6-12-24-16-18-8-4-14-26-18;/h17-18H,2-16H2,1H3,(H2,20,21,22);1H. The zero-order chi connectivity index (χ0) is 18.3. The Morgan fingerprint density at radius 2 is 1.59 bits per heavy atom. The van der Waals surface area contributed by atoms with Crippen LogP contribution in [0.15, 0.2) is 4.99 Å². The number of rotatable bonds is 13. The number of aliphatic imine (C=N–C) groups is 1. The summed E-state index contributed by atoms with van der Waals surface area (Å²) in [6, 6.07) is 0. The second-order valence-corrected chi connectivity index (χ2v) is 6.81. The van der Waals surface area contributed by atoms with Crippen LogP contribution in [0.1, 0.15) is 45.4 Å². The molecule has 7 nitrogen and oxygen atoms in total. The molecule has 2 atom stereocenters. The van der Waals surface area contributed by atoms with E-state index in [0.717, 1.165) is 97.2 Å². The van der Waals surface area contributed by atoms with Crippen LogP contribution in [0.3, 0.4) is 0 Å². The molecule has 2 unspecified atom stereocenters. The van der Waals surface area contributed by atoms with Gasteiger partial charge in [0.05, 0.1) is 25.4 Å². The third kappa shape index (κ3) is 12.1. The first-order chi connectivity index (χ1) is 12.9. The molecule has 0 aromatic rings. The fraction of sp³-hybridized carbons (Fsp3) is 0.947. The van der Waals surface area contributed by atoms with E-state index in [2.05, 4.69) is 22.5 Å². The quantitative estimate of drug-likeness (QED) is 0.176. The molecule has 27 heavy (non-hydrogen) atoms. The molecule has 2 heterocycles. The van der Waals surface area contributed by atoms with Crippen molar-refractivity contribution in [3.05, 3.63) is 0 Å². The first kappa shape index (κ1) is 24.9. The minimum Gasteiger partial charge on any atom is -0.379 e. The van der Waals surface area contributed by atoms with Crippen LogP contribution in [0.5, 0.6) is 0 Å². The maximum atomic E-state index is 5.67. The van der Waals surface area contributed by atoms with Crippen molar-refractivity contribution in [3.8, 4) is 0 Å². The van der Waals surface area contributed by atoms with Crippen molar-refractivity contribution in [2.75, 3.05) is 59.3 Å². The van der Waals surface area contributed by atoms with Crippen molar-refractivity contribution in [2.45, 2.75) is 57.7 Å². The van der Waals surface area contributed by atoms with E-state index >= 15 is 0 Å². The second kappa shape index (κ2) is 16.8. The van der Waals surface area contributed by atoms with Crippen LogP contribution < -0.4 is 10.6 Å². The largest absolute Gasteiger partial charge is 0.379 e. The number of ether oxygens (including phenoxy) is 4. The number of halogens is 1. The maximum absolute atomic E-state index is 5.67. The molecule has 8 heteroatoms. The number of nitrogens with one attached hydrogen (secondary N) is 2. The van der Waals surface area contributed by atoms with E-state index in [1.54, 1.807) is 0 Å². The zero-order valence-corrected chi connectivity index (χ0v) is 19.1. The Hall–Kier alpha value is -0.160. The lowest BCUT2D eigenvalue weighted by molar-refractivity contribution is 0.0168. The van der Waals surface area contributed by atoms with E-state index in [0.29, 0.717) is 18.8 Å². The van der Waals surface area contributed by atoms with Crippen molar-refractivity contribution in [1.29, 1.82) is 0 Å². The first-order valence-corrected chi connectivity index (χ1v) is 10.3. The van der Waals surface area contributed by atoms with Gasteiger partial charge >= 0.3 is 0 Å². The van der Waals surface area contributed by atoms with Crippen LogP contribution in [0.4, 0.5) is 0 Å². The van der Waals surface area contributed by atoms with Gasteiger partial charge in [0, 0.05) is 46.1 Å². The third-order valence-electron chi connectivity index (χ3n) is 4.47. The molecule has 0 saturated carbocycles. The van der Waals surface area contributed by atoms with Gasteiger partial charge in [-0.05, 0) is 45.4 Å². The topological polar surface area (TPSA) is 73.3 Å². The van der Waals surface area contributed by atoms with Gasteiger partial charge in [-0.1, -0.05) is 0 Å². The minimum atomic E-state index is 0. The molecule has 2 aliphatic rings. The SMILES string of the molecule is CCNC(=NCCCOCC1CCCO1)NCCCOCC1CCCO1.I. The summed E-state index contributed by atoms with van der Waals surface area (Å²) in [6.45, 7) is 9.25. The van der Waals surface area contributed by atoms with E-state index in [1.165, 1.54) is 0 Å². The molecule has 0 aromatic carbocycles. The Morgan fingerprint density at radius 1 is 0.963 bits per heavy atom. The summed E-state index contributed by atoms with van der Waals surface area (Å²) >= 11 is 0. The van der Waals surface area contributed by atoms with Crippen molar-refractivity contribution in [3.63, 3.8) is 0 Å². The van der Waals surface area contributed by atoms with Crippen LogP contribution in [0, 0.1) is 0 Å². The normalized spacial score (nSPS) is 22.6. The molecule has 2 N–H and O–H groups in total. The molecule has 160 valence electrons. The molecule has 0 radical (unpaired) electrons. The fourth-order valence-electron chi connectivity index (χ4n) is 3.06. The summed E-state index contributed by atoms with van der Waals surface area (Å²) in [4.78, 5) is 4.59. The van der Waals surface area contributed by atoms with Crippen LogP contribution in [0.25, 0.3) is 0 Å². The first-order valence-electron chi connectivity index (χ1n) is 10.3. The van der Waals surface area contributed by atoms with Crippen LogP contribution in [0.2, 0.25) is 0 Å². The van der Waals surface area contributed by atoms with E-state index in [9.17, 15) is 0 Å². The van der Waals surface area contributed by atoms with Gasteiger partial charge in [-0.25, -0.2) is 0 Å². The van der Waals surface area contributed by atoms with Gasteiger partial charge in [0.25, 0.3) is 0 Å². The highest BCUT2D eigenvalue weighted by atomic mass is 127. The van der Waals surface area contributed by atoms with Gasteiger partial charge in [-0.3, -0.25) is 4.99 Å². The van der Waals surface area contributed by atoms with Gasteiger partial charge in [0.1, 0.15) is 0 Å². The highest BCUT2D eigenvalue weighted by Gasteiger charge is 2.15. The summed E-state index contributed by atoms with van der Waals surface area (Å²) in [5.74, 6) is 0.866. The average Bonchev–Trinajstić information content (AvgIpc) is 3.34. The summed E-state index contributed by atoms with van der Waals surface area (Å²) in [7, 11) is 0. The Morgan fingerprint density at radius 3 is 2.15 bits per heavy atom. The van der Waals surface area contributed by atoms with Crippen molar-refractivity contribution in [1.82, 2.24) is 10.6 Å². The smallest absolute Gasteiger partial charge is 0.191 e. The van der Waals surface area contributed by atoms with Gasteiger partial charge in [-0.2, -0.15) is 0 Å². The second-order valence-electron chi connectivity index (χ2n) is 6.81. The van der Waals surface area contributed by atoms with Crippen LogP contribution in [-0.4, -0.2) is 77.4 Å².